The smallest absolute Gasteiger partial charge is 0.193 e. The SMILES string of the molecule is CCN1CCN(CC(C)CNC(=NC)N(C)Cc2ccccc2C)CC1.I. The molecule has 0 amide bonds. The summed E-state index contributed by atoms with van der Waals surface area (Å²) in [6.45, 7) is 15.7. The van der Waals surface area contributed by atoms with Gasteiger partial charge in [0.05, 0.1) is 0 Å². The van der Waals surface area contributed by atoms with Crippen LogP contribution in [0.25, 0.3) is 0 Å². The largest absolute Gasteiger partial charge is 0.356 e. The fraction of sp³-hybridized carbons (Fsp3) is 0.667. The van der Waals surface area contributed by atoms with Crippen molar-refractivity contribution >= 4 is 29.9 Å². The average Bonchev–Trinajstić information content (AvgIpc) is 2.64. The average molecular weight is 487 g/mol. The standard InChI is InChI=1S/C21H37N5.HI/c1-6-25-11-13-26(14-12-25)16-18(2)15-23-21(22-4)24(5)17-20-10-8-7-9-19(20)3;/h7-10,18H,6,11-17H2,1-5H3,(H,22,23);1H. The van der Waals surface area contributed by atoms with Crippen molar-refractivity contribution in [3.05, 3.63) is 35.4 Å². The van der Waals surface area contributed by atoms with Crippen LogP contribution in [0.5, 0.6) is 0 Å². The monoisotopic (exact) mass is 487 g/mol. The van der Waals surface area contributed by atoms with Crippen molar-refractivity contribution in [1.29, 1.82) is 0 Å². The summed E-state index contributed by atoms with van der Waals surface area (Å²) in [6.07, 6.45) is 0. The molecule has 0 aromatic heterocycles. The molecule has 1 unspecified atom stereocenters. The maximum absolute atomic E-state index is 4.46. The Balaban J connectivity index is 0.00000364. The summed E-state index contributed by atoms with van der Waals surface area (Å²) in [5, 5.41) is 3.56. The lowest BCUT2D eigenvalue weighted by atomic mass is 10.1. The first-order valence-corrected chi connectivity index (χ1v) is 9.94. The van der Waals surface area contributed by atoms with Gasteiger partial charge >= 0.3 is 0 Å². The van der Waals surface area contributed by atoms with Crippen molar-refractivity contribution in [3.8, 4) is 0 Å². The quantitative estimate of drug-likeness (QED) is 0.365. The van der Waals surface area contributed by atoms with Gasteiger partial charge in [0, 0.05) is 59.9 Å². The lowest BCUT2D eigenvalue weighted by molar-refractivity contribution is 0.124. The minimum atomic E-state index is 0. The van der Waals surface area contributed by atoms with E-state index in [1.807, 2.05) is 7.05 Å². The third-order valence-electron chi connectivity index (χ3n) is 5.33. The fourth-order valence-corrected chi connectivity index (χ4v) is 3.56. The van der Waals surface area contributed by atoms with Crippen molar-refractivity contribution in [1.82, 2.24) is 20.0 Å². The summed E-state index contributed by atoms with van der Waals surface area (Å²) in [6, 6.07) is 8.55. The van der Waals surface area contributed by atoms with Gasteiger partial charge in [-0.25, -0.2) is 0 Å². The van der Waals surface area contributed by atoms with Crippen LogP contribution >= 0.6 is 24.0 Å². The number of aliphatic imine (C=N–C) groups is 1. The zero-order valence-corrected chi connectivity index (χ0v) is 20.1. The molecule has 1 heterocycles. The fourth-order valence-electron chi connectivity index (χ4n) is 3.56. The summed E-state index contributed by atoms with van der Waals surface area (Å²) in [5.41, 5.74) is 2.68. The zero-order valence-electron chi connectivity index (χ0n) is 17.7. The molecule has 1 atom stereocenters. The molecule has 0 bridgehead atoms. The van der Waals surface area contributed by atoms with E-state index >= 15 is 0 Å². The Morgan fingerprint density at radius 3 is 2.41 bits per heavy atom. The molecule has 0 aliphatic carbocycles. The summed E-state index contributed by atoms with van der Waals surface area (Å²) < 4.78 is 0. The van der Waals surface area contributed by atoms with Crippen LogP contribution in [-0.2, 0) is 6.54 Å². The molecule has 1 aromatic carbocycles. The molecule has 1 aliphatic rings. The number of benzene rings is 1. The number of rotatable bonds is 7. The first kappa shape index (κ1) is 24.2. The summed E-state index contributed by atoms with van der Waals surface area (Å²) >= 11 is 0. The van der Waals surface area contributed by atoms with Gasteiger partial charge in [0.15, 0.2) is 5.96 Å². The molecule has 1 aliphatic heterocycles. The number of likely N-dealkylation sites (N-methyl/N-ethyl adjacent to an activating group) is 1. The van der Waals surface area contributed by atoms with E-state index in [0.717, 1.165) is 25.6 Å². The Hall–Kier alpha value is -0.860. The van der Waals surface area contributed by atoms with Crippen molar-refractivity contribution in [3.63, 3.8) is 0 Å². The van der Waals surface area contributed by atoms with Gasteiger partial charge in [0.1, 0.15) is 0 Å². The number of hydrogen-bond acceptors (Lipinski definition) is 3. The highest BCUT2D eigenvalue weighted by Gasteiger charge is 2.18. The van der Waals surface area contributed by atoms with Gasteiger partial charge in [0.2, 0.25) is 0 Å². The van der Waals surface area contributed by atoms with Crippen molar-refractivity contribution in [2.75, 3.05) is 59.9 Å². The van der Waals surface area contributed by atoms with Crippen LogP contribution in [0.4, 0.5) is 0 Å². The Kier molecular flexibility index (Phi) is 11.3. The zero-order chi connectivity index (χ0) is 18.9. The number of halogens is 1. The number of hydrogen-bond donors (Lipinski definition) is 1. The topological polar surface area (TPSA) is 34.1 Å². The first-order valence-electron chi connectivity index (χ1n) is 9.94. The number of nitrogens with zero attached hydrogens (tertiary/aromatic N) is 4. The maximum atomic E-state index is 4.46. The second kappa shape index (κ2) is 12.6. The molecule has 5 nitrogen and oxygen atoms in total. The highest BCUT2D eigenvalue weighted by molar-refractivity contribution is 14.0. The highest BCUT2D eigenvalue weighted by atomic mass is 127. The molecule has 1 N–H and O–H groups in total. The maximum Gasteiger partial charge on any atom is 0.193 e. The Bertz CT molecular complexity index is 569. The molecule has 1 aromatic rings. The normalized spacial score (nSPS) is 17.3. The van der Waals surface area contributed by atoms with Crippen LogP contribution in [0, 0.1) is 12.8 Å². The van der Waals surface area contributed by atoms with E-state index in [4.69, 9.17) is 0 Å². The molecular weight excluding hydrogens is 449 g/mol. The minimum absolute atomic E-state index is 0. The molecule has 1 fully saturated rings. The van der Waals surface area contributed by atoms with Crippen LogP contribution < -0.4 is 5.32 Å². The predicted octanol–water partition coefficient (Wildman–Crippen LogP) is 2.89. The number of nitrogens with one attached hydrogen (secondary N) is 1. The van der Waals surface area contributed by atoms with E-state index < -0.39 is 0 Å². The number of aryl methyl sites for hydroxylation is 1. The third kappa shape index (κ3) is 7.95. The Labute approximate surface area is 183 Å². The van der Waals surface area contributed by atoms with Gasteiger partial charge in [0.25, 0.3) is 0 Å². The molecule has 1 saturated heterocycles. The van der Waals surface area contributed by atoms with Gasteiger partial charge in [-0.2, -0.15) is 0 Å². The summed E-state index contributed by atoms with van der Waals surface area (Å²) in [4.78, 5) is 11.8. The number of guanidine groups is 1. The van der Waals surface area contributed by atoms with Crippen molar-refractivity contribution in [2.24, 2.45) is 10.9 Å². The van der Waals surface area contributed by atoms with E-state index in [1.54, 1.807) is 0 Å². The van der Waals surface area contributed by atoms with Gasteiger partial charge in [-0.05, 0) is 30.5 Å². The summed E-state index contributed by atoms with van der Waals surface area (Å²) in [5.74, 6) is 1.57. The van der Waals surface area contributed by atoms with Gasteiger partial charge < -0.3 is 20.0 Å². The van der Waals surface area contributed by atoms with Gasteiger partial charge in [-0.15, -0.1) is 24.0 Å². The van der Waals surface area contributed by atoms with E-state index in [0.29, 0.717) is 5.92 Å². The van der Waals surface area contributed by atoms with E-state index in [9.17, 15) is 0 Å². The number of piperazine rings is 1. The lowest BCUT2D eigenvalue weighted by Crippen LogP contribution is -2.48. The van der Waals surface area contributed by atoms with E-state index in [-0.39, 0.29) is 24.0 Å². The van der Waals surface area contributed by atoms with Crippen LogP contribution in [0.15, 0.2) is 29.3 Å². The highest BCUT2D eigenvalue weighted by Crippen LogP contribution is 2.10. The first-order chi connectivity index (χ1) is 12.5. The van der Waals surface area contributed by atoms with Gasteiger partial charge in [-0.3, -0.25) is 4.99 Å². The molecule has 0 spiro atoms. The molecule has 6 heteroatoms. The third-order valence-corrected chi connectivity index (χ3v) is 5.33. The minimum Gasteiger partial charge on any atom is -0.356 e. The molecule has 27 heavy (non-hydrogen) atoms. The van der Waals surface area contributed by atoms with Crippen molar-refractivity contribution < 1.29 is 0 Å². The van der Waals surface area contributed by atoms with Crippen LogP contribution in [0.3, 0.4) is 0 Å². The second-order valence-electron chi connectivity index (χ2n) is 7.55. The molecule has 154 valence electrons. The Morgan fingerprint density at radius 2 is 1.81 bits per heavy atom. The molecular formula is C21H38IN5. The van der Waals surface area contributed by atoms with E-state index in [1.165, 1.54) is 43.9 Å². The summed E-state index contributed by atoms with van der Waals surface area (Å²) in [7, 11) is 3.97. The van der Waals surface area contributed by atoms with Crippen LogP contribution in [-0.4, -0.2) is 80.6 Å². The van der Waals surface area contributed by atoms with Crippen LogP contribution in [0.1, 0.15) is 25.0 Å². The van der Waals surface area contributed by atoms with Gasteiger partial charge in [-0.1, -0.05) is 38.1 Å². The predicted molar refractivity (Wildman–Crippen MR) is 127 cm³/mol. The molecule has 0 radical (unpaired) electrons. The molecule has 0 saturated carbocycles. The van der Waals surface area contributed by atoms with Crippen LogP contribution in [0.2, 0.25) is 0 Å². The Morgan fingerprint density at radius 1 is 1.19 bits per heavy atom. The van der Waals surface area contributed by atoms with Crippen molar-refractivity contribution in [2.45, 2.75) is 27.3 Å². The van der Waals surface area contributed by atoms with E-state index in [2.05, 4.69) is 77.1 Å². The lowest BCUT2D eigenvalue weighted by Gasteiger charge is -2.35. The second-order valence-corrected chi connectivity index (χ2v) is 7.55. The molecule has 2 rings (SSSR count).